The number of anilines is 2. The molecule has 2 aromatic carbocycles. The molecule has 1 aliphatic rings. The Kier molecular flexibility index (Phi) is 5.17. The van der Waals surface area contributed by atoms with Gasteiger partial charge in [-0.1, -0.05) is 17.7 Å². The van der Waals surface area contributed by atoms with Gasteiger partial charge in [0.05, 0.1) is 0 Å². The van der Waals surface area contributed by atoms with Crippen LogP contribution in [0.25, 0.3) is 0 Å². The van der Waals surface area contributed by atoms with E-state index in [4.69, 9.17) is 0 Å². The molecular formula is C21H23FN2O. The van der Waals surface area contributed by atoms with Gasteiger partial charge in [-0.2, -0.15) is 0 Å². The number of halogens is 1. The third-order valence-electron chi connectivity index (χ3n) is 4.59. The van der Waals surface area contributed by atoms with Gasteiger partial charge in [-0.15, -0.1) is 0 Å². The number of nitrogens with zero attached hydrogens (tertiary/aromatic N) is 2. The van der Waals surface area contributed by atoms with E-state index in [1.807, 2.05) is 18.3 Å². The quantitative estimate of drug-likeness (QED) is 0.727. The Balaban J connectivity index is 1.90. The fraction of sp³-hybridized carbons (Fsp3) is 0.286. The molecule has 0 saturated carbocycles. The third kappa shape index (κ3) is 3.90. The van der Waals surface area contributed by atoms with Gasteiger partial charge in [-0.05, 0) is 56.2 Å². The number of benzene rings is 2. The molecule has 0 aromatic heterocycles. The zero-order valence-electron chi connectivity index (χ0n) is 14.7. The summed E-state index contributed by atoms with van der Waals surface area (Å²) in [5.41, 5.74) is 5.37. The second-order valence-corrected chi connectivity index (χ2v) is 6.39. The zero-order valence-corrected chi connectivity index (χ0v) is 14.7. The van der Waals surface area contributed by atoms with Gasteiger partial charge in [-0.25, -0.2) is 4.39 Å². The van der Waals surface area contributed by atoms with Crippen molar-refractivity contribution in [3.63, 3.8) is 0 Å². The van der Waals surface area contributed by atoms with E-state index in [9.17, 15) is 9.18 Å². The highest BCUT2D eigenvalue weighted by atomic mass is 19.1. The van der Waals surface area contributed by atoms with E-state index < -0.39 is 0 Å². The van der Waals surface area contributed by atoms with Crippen molar-refractivity contribution < 1.29 is 9.18 Å². The predicted octanol–water partition coefficient (Wildman–Crippen LogP) is 4.45. The lowest BCUT2D eigenvalue weighted by molar-refractivity contribution is -0.105. The summed E-state index contributed by atoms with van der Waals surface area (Å²) in [6, 6.07) is 13.0. The summed E-state index contributed by atoms with van der Waals surface area (Å²) >= 11 is 0. The van der Waals surface area contributed by atoms with Crippen molar-refractivity contribution in [2.24, 2.45) is 0 Å². The second kappa shape index (κ2) is 7.51. The lowest BCUT2D eigenvalue weighted by atomic mass is 10.1. The van der Waals surface area contributed by atoms with E-state index in [-0.39, 0.29) is 5.82 Å². The molecule has 0 radical (unpaired) electrons. The van der Waals surface area contributed by atoms with E-state index in [0.717, 1.165) is 49.3 Å². The number of carbonyl (C=O) groups excluding carboxylic acids is 1. The van der Waals surface area contributed by atoms with Gasteiger partial charge in [0.1, 0.15) is 12.1 Å². The molecule has 0 atom stereocenters. The van der Waals surface area contributed by atoms with Crippen molar-refractivity contribution in [3.8, 4) is 0 Å². The number of hydrogen-bond donors (Lipinski definition) is 0. The fourth-order valence-electron chi connectivity index (χ4n) is 3.22. The second-order valence-electron chi connectivity index (χ2n) is 6.39. The molecule has 0 saturated heterocycles. The van der Waals surface area contributed by atoms with Crippen molar-refractivity contribution in [2.75, 3.05) is 22.9 Å². The lowest BCUT2D eigenvalue weighted by Gasteiger charge is -2.27. The van der Waals surface area contributed by atoms with Crippen molar-refractivity contribution in [3.05, 3.63) is 71.2 Å². The Bertz CT molecular complexity index is 783. The first-order valence-electron chi connectivity index (χ1n) is 8.63. The van der Waals surface area contributed by atoms with Crippen LogP contribution in [0.3, 0.4) is 0 Å². The Morgan fingerprint density at radius 2 is 1.96 bits per heavy atom. The molecule has 1 aliphatic heterocycles. The maximum atomic E-state index is 13.2. The van der Waals surface area contributed by atoms with Crippen molar-refractivity contribution in [1.82, 2.24) is 0 Å². The Morgan fingerprint density at radius 3 is 2.60 bits per heavy atom. The summed E-state index contributed by atoms with van der Waals surface area (Å²) in [5.74, 6) is -0.223. The molecule has 0 unspecified atom stereocenters. The molecule has 0 N–H and O–H groups in total. The number of aryl methyl sites for hydroxylation is 1. The predicted molar refractivity (Wildman–Crippen MR) is 100 cm³/mol. The molecular weight excluding hydrogens is 315 g/mol. The summed E-state index contributed by atoms with van der Waals surface area (Å²) in [4.78, 5) is 15.4. The SMILES string of the molecule is CCN(Cc1cc(C)ccc1N1C=C(C=O)CC1)c1ccc(F)cc1. The number of aldehydes is 1. The average Bonchev–Trinajstić information content (AvgIpc) is 3.09. The van der Waals surface area contributed by atoms with Crippen LogP contribution in [0.4, 0.5) is 15.8 Å². The summed E-state index contributed by atoms with van der Waals surface area (Å²) in [6.45, 7) is 6.57. The molecule has 0 fully saturated rings. The molecule has 25 heavy (non-hydrogen) atoms. The summed E-state index contributed by atoms with van der Waals surface area (Å²) in [6.07, 6.45) is 3.66. The smallest absolute Gasteiger partial charge is 0.147 e. The Morgan fingerprint density at radius 1 is 1.20 bits per heavy atom. The van der Waals surface area contributed by atoms with Crippen LogP contribution in [0.5, 0.6) is 0 Å². The van der Waals surface area contributed by atoms with E-state index in [1.54, 1.807) is 0 Å². The Hall–Kier alpha value is -2.62. The normalized spacial score (nSPS) is 13.7. The third-order valence-corrected chi connectivity index (χ3v) is 4.59. The first-order valence-corrected chi connectivity index (χ1v) is 8.63. The van der Waals surface area contributed by atoms with Crippen LogP contribution in [-0.4, -0.2) is 19.4 Å². The first kappa shape index (κ1) is 17.2. The van der Waals surface area contributed by atoms with Crippen LogP contribution in [0.1, 0.15) is 24.5 Å². The van der Waals surface area contributed by atoms with E-state index in [0.29, 0.717) is 0 Å². The molecule has 3 rings (SSSR count). The van der Waals surface area contributed by atoms with Gasteiger partial charge < -0.3 is 9.80 Å². The minimum atomic E-state index is -0.223. The van der Waals surface area contributed by atoms with Gasteiger partial charge in [-0.3, -0.25) is 4.79 Å². The monoisotopic (exact) mass is 338 g/mol. The van der Waals surface area contributed by atoms with E-state index in [1.165, 1.54) is 23.3 Å². The maximum absolute atomic E-state index is 13.2. The zero-order chi connectivity index (χ0) is 17.8. The summed E-state index contributed by atoms with van der Waals surface area (Å²) < 4.78 is 13.2. The largest absolute Gasteiger partial charge is 0.367 e. The van der Waals surface area contributed by atoms with Gasteiger partial charge in [0.15, 0.2) is 0 Å². The van der Waals surface area contributed by atoms with Crippen molar-refractivity contribution >= 4 is 17.7 Å². The minimum Gasteiger partial charge on any atom is -0.367 e. The van der Waals surface area contributed by atoms with Gasteiger partial charge in [0, 0.05) is 42.8 Å². The number of rotatable bonds is 6. The molecule has 1 heterocycles. The average molecular weight is 338 g/mol. The van der Waals surface area contributed by atoms with Crippen LogP contribution in [-0.2, 0) is 11.3 Å². The first-order chi connectivity index (χ1) is 12.1. The minimum absolute atomic E-state index is 0.223. The lowest BCUT2D eigenvalue weighted by Crippen LogP contribution is -2.24. The van der Waals surface area contributed by atoms with E-state index in [2.05, 4.69) is 41.8 Å². The van der Waals surface area contributed by atoms with Gasteiger partial charge in [0.25, 0.3) is 0 Å². The highest BCUT2D eigenvalue weighted by Gasteiger charge is 2.18. The molecule has 0 spiro atoms. The topological polar surface area (TPSA) is 23.6 Å². The van der Waals surface area contributed by atoms with Gasteiger partial charge in [0.2, 0.25) is 0 Å². The number of hydrogen-bond acceptors (Lipinski definition) is 3. The molecule has 3 nitrogen and oxygen atoms in total. The highest BCUT2D eigenvalue weighted by molar-refractivity contribution is 5.76. The van der Waals surface area contributed by atoms with E-state index >= 15 is 0 Å². The molecule has 4 heteroatoms. The molecule has 0 amide bonds. The maximum Gasteiger partial charge on any atom is 0.147 e. The summed E-state index contributed by atoms with van der Waals surface area (Å²) in [5, 5.41) is 0. The van der Waals surface area contributed by atoms with Gasteiger partial charge >= 0.3 is 0 Å². The van der Waals surface area contributed by atoms with Crippen LogP contribution in [0.2, 0.25) is 0 Å². The van der Waals surface area contributed by atoms with Crippen LogP contribution < -0.4 is 9.80 Å². The Labute approximate surface area is 148 Å². The van der Waals surface area contributed by atoms with Crippen molar-refractivity contribution in [1.29, 1.82) is 0 Å². The van der Waals surface area contributed by atoms with Crippen molar-refractivity contribution in [2.45, 2.75) is 26.8 Å². The van der Waals surface area contributed by atoms with Crippen LogP contribution in [0.15, 0.2) is 54.2 Å². The van der Waals surface area contributed by atoms with Crippen LogP contribution >= 0.6 is 0 Å². The molecule has 2 aromatic rings. The summed E-state index contributed by atoms with van der Waals surface area (Å²) in [7, 11) is 0. The molecule has 130 valence electrons. The standard InChI is InChI=1S/C21H23FN2O/c1-3-23(20-7-5-19(22)6-8-20)14-18-12-16(2)4-9-21(18)24-11-10-17(13-24)15-25/h4-9,12-13,15H,3,10-11,14H2,1-2H3. The molecule has 0 aliphatic carbocycles. The highest BCUT2D eigenvalue weighted by Crippen LogP contribution is 2.29. The van der Waals surface area contributed by atoms with Crippen LogP contribution in [0, 0.1) is 12.7 Å². The molecule has 0 bridgehead atoms. The fourth-order valence-corrected chi connectivity index (χ4v) is 3.22. The number of carbonyl (C=O) groups is 1.